The van der Waals surface area contributed by atoms with Crippen LogP contribution in [0.5, 0.6) is 0 Å². The fourth-order valence-electron chi connectivity index (χ4n) is 1.51. The number of rotatable bonds is 6. The maximum Gasteiger partial charge on any atom is 0.129 e. The van der Waals surface area contributed by atoms with E-state index >= 15 is 0 Å². The largest absolute Gasteiger partial charge is 0.598 e. The first-order chi connectivity index (χ1) is 8.39. The number of pyridine rings is 1. The highest BCUT2D eigenvalue weighted by Gasteiger charge is 2.33. The molecule has 0 saturated carbocycles. The molecule has 0 aliphatic carbocycles. The minimum absolute atomic E-state index is 0.00693. The standard InChI is InChI=1S/C12H19BrN2O2S/c1-9(2)18(17)15-12(3,7-8-16)10-5-4-6-11(13)14-10/h4-6,9,15-16H,7-8H2,1-3H3/t12-,18+/m0/s1. The van der Waals surface area contributed by atoms with Gasteiger partial charge in [0, 0.05) is 18.0 Å². The first-order valence-corrected chi connectivity index (χ1v) is 7.82. The summed E-state index contributed by atoms with van der Waals surface area (Å²) in [4.78, 5) is 4.38. The van der Waals surface area contributed by atoms with Crippen LogP contribution >= 0.6 is 15.9 Å². The van der Waals surface area contributed by atoms with Crippen LogP contribution in [0.4, 0.5) is 0 Å². The van der Waals surface area contributed by atoms with Crippen molar-refractivity contribution in [2.75, 3.05) is 6.61 Å². The molecule has 2 N–H and O–H groups in total. The number of hydrogen-bond donors (Lipinski definition) is 2. The summed E-state index contributed by atoms with van der Waals surface area (Å²) in [5.41, 5.74) is 0.160. The van der Waals surface area contributed by atoms with E-state index in [0.29, 0.717) is 6.42 Å². The Labute approximate surface area is 120 Å². The molecular weight excluding hydrogens is 316 g/mol. The van der Waals surface area contributed by atoms with E-state index in [1.165, 1.54) is 0 Å². The van der Waals surface area contributed by atoms with Gasteiger partial charge in [-0.3, -0.25) is 0 Å². The molecular formula is C12H19BrN2O2S. The van der Waals surface area contributed by atoms with Crippen LogP contribution in [-0.4, -0.2) is 26.5 Å². The highest BCUT2D eigenvalue weighted by atomic mass is 79.9. The van der Waals surface area contributed by atoms with Crippen molar-refractivity contribution in [2.45, 2.75) is 38.0 Å². The summed E-state index contributed by atoms with van der Waals surface area (Å²) < 4.78 is 15.8. The van der Waals surface area contributed by atoms with Crippen LogP contribution in [0.1, 0.15) is 32.9 Å². The average Bonchev–Trinajstić information content (AvgIpc) is 2.29. The lowest BCUT2D eigenvalue weighted by Crippen LogP contribution is -2.47. The Bertz CT molecular complexity index is 392. The number of hydrogen-bond acceptors (Lipinski definition) is 4. The summed E-state index contributed by atoms with van der Waals surface area (Å²) >= 11 is 2.16. The van der Waals surface area contributed by atoms with E-state index in [0.717, 1.165) is 10.3 Å². The Balaban J connectivity index is 2.99. The number of nitrogens with zero attached hydrogens (tertiary/aromatic N) is 1. The van der Waals surface area contributed by atoms with Gasteiger partial charge in [-0.2, -0.15) is 0 Å². The third-order valence-corrected chi connectivity index (χ3v) is 4.60. The van der Waals surface area contributed by atoms with Gasteiger partial charge in [0.1, 0.15) is 15.4 Å². The molecule has 0 amide bonds. The Morgan fingerprint density at radius 2 is 2.22 bits per heavy atom. The number of aliphatic hydroxyl groups excluding tert-OH is 1. The zero-order valence-electron chi connectivity index (χ0n) is 10.8. The Kier molecular flexibility index (Phi) is 6.07. The number of nitrogens with one attached hydrogen (secondary N) is 1. The van der Waals surface area contributed by atoms with Crippen LogP contribution in [-0.2, 0) is 16.9 Å². The highest BCUT2D eigenvalue weighted by molar-refractivity contribution is 9.10. The molecule has 0 aromatic carbocycles. The maximum absolute atomic E-state index is 12.0. The molecule has 0 spiro atoms. The summed E-state index contributed by atoms with van der Waals surface area (Å²) in [6, 6.07) is 5.58. The van der Waals surface area contributed by atoms with E-state index in [1.54, 1.807) is 0 Å². The smallest absolute Gasteiger partial charge is 0.129 e. The first kappa shape index (κ1) is 15.9. The van der Waals surface area contributed by atoms with Crippen molar-refractivity contribution in [3.05, 3.63) is 28.5 Å². The SMILES string of the molecule is CC(C)[S@@+]([O-])N[C@@](C)(CCO)c1cccc(Br)n1. The molecule has 1 heterocycles. The number of halogens is 1. The quantitative estimate of drug-likeness (QED) is 0.617. The molecule has 102 valence electrons. The molecule has 1 aromatic heterocycles. The normalized spacial score (nSPS) is 16.6. The second-order valence-corrected chi connectivity index (χ2v) is 7.15. The monoisotopic (exact) mass is 334 g/mol. The van der Waals surface area contributed by atoms with E-state index in [9.17, 15) is 9.66 Å². The van der Waals surface area contributed by atoms with Crippen molar-refractivity contribution in [3.8, 4) is 0 Å². The fraction of sp³-hybridized carbons (Fsp3) is 0.583. The van der Waals surface area contributed by atoms with E-state index in [2.05, 4.69) is 25.6 Å². The molecule has 0 unspecified atom stereocenters. The van der Waals surface area contributed by atoms with Crippen molar-refractivity contribution in [2.24, 2.45) is 0 Å². The summed E-state index contributed by atoms with van der Waals surface area (Å²) in [6.45, 7) is 5.68. The van der Waals surface area contributed by atoms with E-state index in [-0.39, 0.29) is 11.9 Å². The van der Waals surface area contributed by atoms with Gasteiger partial charge in [-0.15, -0.1) is 4.72 Å². The van der Waals surface area contributed by atoms with Gasteiger partial charge in [0.15, 0.2) is 0 Å². The van der Waals surface area contributed by atoms with Gasteiger partial charge >= 0.3 is 0 Å². The van der Waals surface area contributed by atoms with Crippen LogP contribution in [0, 0.1) is 0 Å². The molecule has 18 heavy (non-hydrogen) atoms. The molecule has 2 atom stereocenters. The minimum Gasteiger partial charge on any atom is -0.598 e. The number of aromatic nitrogens is 1. The Morgan fingerprint density at radius 1 is 1.56 bits per heavy atom. The lowest BCUT2D eigenvalue weighted by molar-refractivity contribution is 0.235. The third kappa shape index (κ3) is 4.20. The van der Waals surface area contributed by atoms with Crippen molar-refractivity contribution in [3.63, 3.8) is 0 Å². The molecule has 4 nitrogen and oxygen atoms in total. The lowest BCUT2D eigenvalue weighted by atomic mass is 9.95. The van der Waals surface area contributed by atoms with E-state index < -0.39 is 16.9 Å². The maximum atomic E-state index is 12.0. The highest BCUT2D eigenvalue weighted by Crippen LogP contribution is 2.25. The summed E-state index contributed by atoms with van der Waals surface area (Å²) in [6.07, 6.45) is 0.453. The lowest BCUT2D eigenvalue weighted by Gasteiger charge is -2.31. The van der Waals surface area contributed by atoms with E-state index in [1.807, 2.05) is 39.0 Å². The third-order valence-electron chi connectivity index (χ3n) is 2.65. The zero-order valence-corrected chi connectivity index (χ0v) is 13.2. The topological polar surface area (TPSA) is 68.2 Å². The average molecular weight is 335 g/mol. The van der Waals surface area contributed by atoms with Gasteiger partial charge < -0.3 is 9.66 Å². The minimum atomic E-state index is -1.17. The predicted molar refractivity (Wildman–Crippen MR) is 77.4 cm³/mol. The molecule has 1 aromatic rings. The van der Waals surface area contributed by atoms with Crippen LogP contribution in [0.3, 0.4) is 0 Å². The summed E-state index contributed by atoms with van der Waals surface area (Å²) in [5, 5.41) is 9.21. The molecule has 0 saturated heterocycles. The van der Waals surface area contributed by atoms with Crippen LogP contribution < -0.4 is 4.72 Å². The molecule has 0 aliphatic heterocycles. The molecule has 0 bridgehead atoms. The van der Waals surface area contributed by atoms with Gasteiger partial charge in [0.05, 0.1) is 5.69 Å². The zero-order chi connectivity index (χ0) is 13.8. The van der Waals surface area contributed by atoms with Crippen molar-refractivity contribution in [1.82, 2.24) is 9.71 Å². The molecule has 6 heteroatoms. The summed E-state index contributed by atoms with van der Waals surface area (Å²) in [7, 11) is 0. The van der Waals surface area contributed by atoms with Crippen LogP contribution in [0.2, 0.25) is 0 Å². The fourth-order valence-corrected chi connectivity index (χ4v) is 2.74. The summed E-state index contributed by atoms with van der Waals surface area (Å²) in [5.74, 6) is 0. The van der Waals surface area contributed by atoms with Crippen molar-refractivity contribution < 1.29 is 9.66 Å². The first-order valence-electron chi connectivity index (χ1n) is 5.81. The number of aliphatic hydroxyl groups is 1. The Hall–Kier alpha value is -0.140. The molecule has 1 rings (SSSR count). The Morgan fingerprint density at radius 3 is 2.72 bits per heavy atom. The molecule has 0 fully saturated rings. The van der Waals surface area contributed by atoms with Gasteiger partial charge in [-0.1, -0.05) is 6.07 Å². The predicted octanol–water partition coefficient (Wildman–Crippen LogP) is 2.10. The van der Waals surface area contributed by atoms with Crippen LogP contribution in [0.15, 0.2) is 22.8 Å². The van der Waals surface area contributed by atoms with Crippen LogP contribution in [0.25, 0.3) is 0 Å². The van der Waals surface area contributed by atoms with Gasteiger partial charge in [-0.25, -0.2) is 4.98 Å². The van der Waals surface area contributed by atoms with Gasteiger partial charge in [0.2, 0.25) is 0 Å². The van der Waals surface area contributed by atoms with Gasteiger partial charge in [-0.05, 0) is 55.3 Å². The second kappa shape index (κ2) is 6.86. The van der Waals surface area contributed by atoms with Crippen molar-refractivity contribution >= 4 is 27.3 Å². The van der Waals surface area contributed by atoms with Gasteiger partial charge in [0.25, 0.3) is 0 Å². The van der Waals surface area contributed by atoms with Crippen molar-refractivity contribution in [1.29, 1.82) is 0 Å². The van der Waals surface area contributed by atoms with E-state index in [4.69, 9.17) is 0 Å². The second-order valence-electron chi connectivity index (χ2n) is 4.60. The molecule has 0 radical (unpaired) electrons. The molecule has 0 aliphatic rings.